The second kappa shape index (κ2) is 6.60. The molecular formula is C13H24N2O5S. The third kappa shape index (κ3) is 3.94. The van der Waals surface area contributed by atoms with Gasteiger partial charge >= 0.3 is 5.97 Å². The minimum Gasteiger partial charge on any atom is -0.481 e. The highest BCUT2D eigenvalue weighted by atomic mass is 32.2. The Morgan fingerprint density at radius 2 is 1.90 bits per heavy atom. The van der Waals surface area contributed by atoms with E-state index < -0.39 is 22.2 Å². The monoisotopic (exact) mass is 320 g/mol. The lowest BCUT2D eigenvalue weighted by molar-refractivity contribution is -0.139. The number of nitrogens with zero attached hydrogens (tertiary/aromatic N) is 2. The molecule has 0 aromatic rings. The number of hydrogen-bond donors (Lipinski definition) is 1. The van der Waals surface area contributed by atoms with E-state index in [1.165, 1.54) is 8.61 Å². The molecule has 0 radical (unpaired) electrons. The Morgan fingerprint density at radius 1 is 1.29 bits per heavy atom. The maximum Gasteiger partial charge on any atom is 0.305 e. The highest BCUT2D eigenvalue weighted by Gasteiger charge is 2.40. The van der Waals surface area contributed by atoms with Gasteiger partial charge in [-0.1, -0.05) is 13.8 Å². The summed E-state index contributed by atoms with van der Waals surface area (Å²) in [5.74, 6) is -0.365. The second-order valence-corrected chi connectivity index (χ2v) is 8.09. The van der Waals surface area contributed by atoms with Crippen LogP contribution >= 0.6 is 0 Å². The van der Waals surface area contributed by atoms with Gasteiger partial charge in [0.15, 0.2) is 0 Å². The quantitative estimate of drug-likeness (QED) is 0.809. The SMILES string of the molecule is CC1CC(C)CN(S(=O)(=O)N2CCOCC2CC(=O)O)C1. The molecule has 0 spiro atoms. The first-order valence-electron chi connectivity index (χ1n) is 7.37. The average Bonchev–Trinajstić information content (AvgIpc) is 2.37. The van der Waals surface area contributed by atoms with Crippen LogP contribution in [0.1, 0.15) is 26.7 Å². The zero-order valence-corrected chi connectivity index (χ0v) is 13.4. The summed E-state index contributed by atoms with van der Waals surface area (Å²) in [5.41, 5.74) is 0. The van der Waals surface area contributed by atoms with Crippen LogP contribution in [0.15, 0.2) is 0 Å². The van der Waals surface area contributed by atoms with E-state index in [-0.39, 0.29) is 19.6 Å². The molecule has 0 amide bonds. The molecule has 3 unspecified atom stereocenters. The summed E-state index contributed by atoms with van der Waals surface area (Å²) in [5, 5.41) is 8.95. The van der Waals surface area contributed by atoms with Crippen molar-refractivity contribution in [1.82, 2.24) is 8.61 Å². The molecule has 0 bridgehead atoms. The molecule has 122 valence electrons. The van der Waals surface area contributed by atoms with E-state index in [0.717, 1.165) is 6.42 Å². The number of hydrogen-bond acceptors (Lipinski definition) is 4. The lowest BCUT2D eigenvalue weighted by Gasteiger charge is -2.41. The van der Waals surface area contributed by atoms with Crippen LogP contribution in [-0.4, -0.2) is 67.0 Å². The summed E-state index contributed by atoms with van der Waals surface area (Å²) < 4.78 is 33.7. The standard InChI is InChI=1S/C13H24N2O5S/c1-10-5-11(2)8-14(7-10)21(18,19)15-3-4-20-9-12(15)6-13(16)17/h10-12H,3-9H2,1-2H3,(H,16,17). The number of aliphatic carboxylic acids is 1. The van der Waals surface area contributed by atoms with Crippen LogP contribution < -0.4 is 0 Å². The number of carbonyl (C=O) groups is 1. The minimum atomic E-state index is -3.62. The van der Waals surface area contributed by atoms with E-state index in [1.54, 1.807) is 0 Å². The van der Waals surface area contributed by atoms with E-state index >= 15 is 0 Å². The number of ether oxygens (including phenoxy) is 1. The lowest BCUT2D eigenvalue weighted by Crippen LogP contribution is -2.56. The van der Waals surface area contributed by atoms with Crippen LogP contribution in [0.3, 0.4) is 0 Å². The highest BCUT2D eigenvalue weighted by Crippen LogP contribution is 2.26. The number of rotatable bonds is 4. The molecule has 2 rings (SSSR count). The molecular weight excluding hydrogens is 296 g/mol. The Hall–Kier alpha value is -0.700. The Morgan fingerprint density at radius 3 is 2.48 bits per heavy atom. The Kier molecular flexibility index (Phi) is 5.24. The Bertz CT molecular complexity index is 471. The largest absolute Gasteiger partial charge is 0.481 e. The molecule has 2 aliphatic rings. The van der Waals surface area contributed by atoms with Gasteiger partial charge < -0.3 is 9.84 Å². The molecule has 8 heteroatoms. The van der Waals surface area contributed by atoms with Gasteiger partial charge in [-0.15, -0.1) is 0 Å². The van der Waals surface area contributed by atoms with Gasteiger partial charge in [-0.3, -0.25) is 4.79 Å². The van der Waals surface area contributed by atoms with Crippen LogP contribution in [0.2, 0.25) is 0 Å². The third-order valence-electron chi connectivity index (χ3n) is 4.04. The van der Waals surface area contributed by atoms with Crippen LogP contribution in [0.4, 0.5) is 0 Å². The van der Waals surface area contributed by atoms with Crippen molar-refractivity contribution in [2.24, 2.45) is 11.8 Å². The Balaban J connectivity index is 2.17. The fourth-order valence-corrected chi connectivity index (χ4v) is 5.25. The van der Waals surface area contributed by atoms with E-state index in [1.807, 2.05) is 13.8 Å². The molecule has 2 saturated heterocycles. The molecule has 0 saturated carbocycles. The molecule has 0 aromatic heterocycles. The van der Waals surface area contributed by atoms with Gasteiger partial charge in [0, 0.05) is 19.6 Å². The first kappa shape index (κ1) is 16.7. The number of piperidine rings is 1. The highest BCUT2D eigenvalue weighted by molar-refractivity contribution is 7.86. The van der Waals surface area contributed by atoms with Crippen molar-refractivity contribution in [2.75, 3.05) is 32.8 Å². The van der Waals surface area contributed by atoms with Crippen LogP contribution in [0, 0.1) is 11.8 Å². The summed E-state index contributed by atoms with van der Waals surface area (Å²) in [6.07, 6.45) is 0.797. The fraction of sp³-hybridized carbons (Fsp3) is 0.923. The maximum absolute atomic E-state index is 12.8. The van der Waals surface area contributed by atoms with Gasteiger partial charge in [-0.05, 0) is 18.3 Å². The number of morpholine rings is 1. The first-order chi connectivity index (χ1) is 9.80. The van der Waals surface area contributed by atoms with Gasteiger partial charge in [0.25, 0.3) is 10.2 Å². The lowest BCUT2D eigenvalue weighted by atomic mass is 9.94. The van der Waals surface area contributed by atoms with Crippen molar-refractivity contribution in [3.05, 3.63) is 0 Å². The van der Waals surface area contributed by atoms with Crippen molar-refractivity contribution < 1.29 is 23.1 Å². The molecule has 21 heavy (non-hydrogen) atoms. The van der Waals surface area contributed by atoms with Crippen molar-refractivity contribution >= 4 is 16.2 Å². The van der Waals surface area contributed by atoms with E-state index in [9.17, 15) is 13.2 Å². The van der Waals surface area contributed by atoms with Gasteiger partial charge in [0.2, 0.25) is 0 Å². The number of carboxylic acids is 1. The van der Waals surface area contributed by atoms with Gasteiger partial charge in [-0.2, -0.15) is 17.0 Å². The second-order valence-electron chi connectivity index (χ2n) is 6.21. The smallest absolute Gasteiger partial charge is 0.305 e. The minimum absolute atomic E-state index is 0.143. The van der Waals surface area contributed by atoms with Crippen LogP contribution in [0.25, 0.3) is 0 Å². The summed E-state index contributed by atoms with van der Waals surface area (Å²) >= 11 is 0. The molecule has 7 nitrogen and oxygen atoms in total. The van der Waals surface area contributed by atoms with Crippen molar-refractivity contribution in [2.45, 2.75) is 32.7 Å². The molecule has 2 heterocycles. The van der Waals surface area contributed by atoms with E-state index in [2.05, 4.69) is 0 Å². The molecule has 1 N–H and O–H groups in total. The zero-order valence-electron chi connectivity index (χ0n) is 12.6. The predicted octanol–water partition coefficient (Wildman–Crippen LogP) is 0.385. The molecule has 3 atom stereocenters. The normalized spacial score (nSPS) is 33.0. The van der Waals surface area contributed by atoms with Crippen molar-refractivity contribution in [1.29, 1.82) is 0 Å². The van der Waals surface area contributed by atoms with Crippen molar-refractivity contribution in [3.8, 4) is 0 Å². The predicted molar refractivity (Wildman–Crippen MR) is 77.0 cm³/mol. The summed E-state index contributed by atoms with van der Waals surface area (Å²) in [7, 11) is -3.62. The van der Waals surface area contributed by atoms with Gasteiger partial charge in [-0.25, -0.2) is 0 Å². The summed E-state index contributed by atoms with van der Waals surface area (Å²) in [4.78, 5) is 10.9. The van der Waals surface area contributed by atoms with E-state index in [4.69, 9.17) is 9.84 Å². The number of carboxylic acid groups (broad SMARTS) is 1. The third-order valence-corrected chi connectivity index (χ3v) is 6.07. The Labute approximate surface area is 126 Å². The topological polar surface area (TPSA) is 87.2 Å². The maximum atomic E-state index is 12.8. The first-order valence-corrected chi connectivity index (χ1v) is 8.77. The van der Waals surface area contributed by atoms with Gasteiger partial charge in [0.1, 0.15) is 0 Å². The molecule has 0 aromatic carbocycles. The fourth-order valence-electron chi connectivity index (χ4n) is 3.25. The van der Waals surface area contributed by atoms with Crippen LogP contribution in [-0.2, 0) is 19.7 Å². The molecule has 0 aliphatic carbocycles. The van der Waals surface area contributed by atoms with Crippen molar-refractivity contribution in [3.63, 3.8) is 0 Å². The summed E-state index contributed by atoms with van der Waals surface area (Å²) in [6.45, 7) is 5.78. The average molecular weight is 320 g/mol. The molecule has 2 aliphatic heterocycles. The van der Waals surface area contributed by atoms with Crippen LogP contribution in [0.5, 0.6) is 0 Å². The van der Waals surface area contributed by atoms with E-state index in [0.29, 0.717) is 31.5 Å². The molecule has 2 fully saturated rings. The summed E-state index contributed by atoms with van der Waals surface area (Å²) in [6, 6.07) is -0.617. The van der Waals surface area contributed by atoms with Gasteiger partial charge in [0.05, 0.1) is 25.7 Å². The zero-order chi connectivity index (χ0) is 15.6.